The van der Waals surface area contributed by atoms with E-state index in [1.165, 1.54) is 6.07 Å². The Morgan fingerprint density at radius 3 is 2.45 bits per heavy atom. The van der Waals surface area contributed by atoms with Gasteiger partial charge in [0, 0.05) is 43.9 Å². The lowest BCUT2D eigenvalue weighted by molar-refractivity contribution is 0.157. The summed E-state index contributed by atoms with van der Waals surface area (Å²) in [4.78, 5) is 9.36. The molecule has 0 saturated carbocycles. The molecule has 174 valence electrons. The van der Waals surface area contributed by atoms with Crippen LogP contribution in [0.15, 0.2) is 64.1 Å². The second-order valence-corrected chi connectivity index (χ2v) is 8.48. The van der Waals surface area contributed by atoms with Gasteiger partial charge in [-0.3, -0.25) is 20.7 Å². The lowest BCUT2D eigenvalue weighted by Gasteiger charge is -2.32. The molecule has 2 aliphatic heterocycles. The molecular weight excluding hydrogens is 446 g/mol. The minimum Gasteiger partial charge on any atom is -0.398 e. The van der Waals surface area contributed by atoms with Crippen LogP contribution in [-0.2, 0) is 0 Å². The third-order valence-corrected chi connectivity index (χ3v) is 6.20. The predicted octanol–water partition coefficient (Wildman–Crippen LogP) is 3.00. The van der Waals surface area contributed by atoms with E-state index in [0.717, 1.165) is 50.4 Å². The molecule has 6 nitrogen and oxygen atoms in total. The first-order chi connectivity index (χ1) is 15.9. The molecule has 0 amide bonds. The highest BCUT2D eigenvalue weighted by atomic mass is 35.5. The van der Waals surface area contributed by atoms with Crippen molar-refractivity contribution in [1.82, 2.24) is 20.7 Å². The van der Waals surface area contributed by atoms with Gasteiger partial charge in [0.1, 0.15) is 0 Å². The van der Waals surface area contributed by atoms with Crippen molar-refractivity contribution in [3.05, 3.63) is 81.9 Å². The highest BCUT2D eigenvalue weighted by Gasteiger charge is 2.26. The van der Waals surface area contributed by atoms with Crippen molar-refractivity contribution < 1.29 is 8.78 Å². The molecule has 0 radical (unpaired) electrons. The summed E-state index contributed by atoms with van der Waals surface area (Å²) in [6.45, 7) is 5.37. The first kappa shape index (κ1) is 23.2. The zero-order valence-electron chi connectivity index (χ0n) is 18.4. The van der Waals surface area contributed by atoms with Crippen LogP contribution in [0, 0.1) is 11.6 Å². The first-order valence-electron chi connectivity index (χ1n) is 10.8. The van der Waals surface area contributed by atoms with Crippen LogP contribution in [0.4, 0.5) is 8.78 Å². The van der Waals surface area contributed by atoms with Gasteiger partial charge in [0.25, 0.3) is 0 Å². The average Bonchev–Trinajstić information content (AvgIpc) is 2.82. The summed E-state index contributed by atoms with van der Waals surface area (Å²) in [5.41, 5.74) is 15.1. The molecule has 33 heavy (non-hydrogen) atoms. The summed E-state index contributed by atoms with van der Waals surface area (Å²) in [5.74, 6) is -1.46. The van der Waals surface area contributed by atoms with Gasteiger partial charge in [-0.15, -0.1) is 0 Å². The Labute approximate surface area is 197 Å². The number of halogens is 3. The van der Waals surface area contributed by atoms with Crippen LogP contribution in [0.5, 0.6) is 0 Å². The zero-order chi connectivity index (χ0) is 23.4. The van der Waals surface area contributed by atoms with Gasteiger partial charge in [0.05, 0.1) is 28.5 Å². The third kappa shape index (κ3) is 5.35. The second-order valence-electron chi connectivity index (χ2n) is 8.10. The van der Waals surface area contributed by atoms with Crippen molar-refractivity contribution in [1.29, 1.82) is 0 Å². The largest absolute Gasteiger partial charge is 0.398 e. The highest BCUT2D eigenvalue weighted by molar-refractivity contribution is 6.40. The van der Waals surface area contributed by atoms with Gasteiger partial charge in [-0.05, 0) is 25.2 Å². The van der Waals surface area contributed by atoms with Crippen molar-refractivity contribution >= 4 is 28.8 Å². The maximum atomic E-state index is 13.9. The summed E-state index contributed by atoms with van der Waals surface area (Å²) >= 11 is 6.81. The van der Waals surface area contributed by atoms with Crippen LogP contribution < -0.4 is 16.6 Å². The first-order valence-corrected chi connectivity index (χ1v) is 11.2. The normalized spacial score (nSPS) is 20.5. The maximum absolute atomic E-state index is 13.9. The number of rotatable bonds is 5. The number of hydrogen-bond acceptors (Lipinski definition) is 5. The maximum Gasteiger partial charge on any atom is 0.159 e. The molecule has 2 aliphatic rings. The van der Waals surface area contributed by atoms with Gasteiger partial charge in [-0.1, -0.05) is 41.9 Å². The van der Waals surface area contributed by atoms with Gasteiger partial charge in [0.2, 0.25) is 0 Å². The van der Waals surface area contributed by atoms with Gasteiger partial charge >= 0.3 is 0 Å². The highest BCUT2D eigenvalue weighted by Crippen LogP contribution is 2.32. The average molecular weight is 473 g/mol. The topological polar surface area (TPSA) is 68.9 Å². The third-order valence-electron chi connectivity index (χ3n) is 5.83. The van der Waals surface area contributed by atoms with Crippen molar-refractivity contribution in [2.24, 2.45) is 10.7 Å². The van der Waals surface area contributed by atoms with E-state index >= 15 is 0 Å². The van der Waals surface area contributed by atoms with E-state index in [1.807, 2.05) is 30.3 Å². The quantitative estimate of drug-likeness (QED) is 0.624. The molecule has 1 fully saturated rings. The van der Waals surface area contributed by atoms with Gasteiger partial charge in [0.15, 0.2) is 17.5 Å². The van der Waals surface area contributed by atoms with E-state index in [4.69, 9.17) is 22.3 Å². The Morgan fingerprint density at radius 1 is 1.03 bits per heavy atom. The Bertz CT molecular complexity index is 1090. The summed E-state index contributed by atoms with van der Waals surface area (Å²) in [6, 6.07) is 13.1. The monoisotopic (exact) mass is 472 g/mol. The SMILES string of the molecule is CN1CCN(CCN=C2NNC(c3ccccc3)=C(Cl)C2=C(N)c2ccc(F)c(F)c2)CC1. The van der Waals surface area contributed by atoms with E-state index in [-0.39, 0.29) is 5.70 Å². The Morgan fingerprint density at radius 2 is 1.76 bits per heavy atom. The minimum absolute atomic E-state index is 0.208. The molecule has 0 bridgehead atoms. The van der Waals surface area contributed by atoms with Crippen LogP contribution in [0.1, 0.15) is 11.1 Å². The minimum atomic E-state index is -0.977. The fraction of sp³-hybridized carbons (Fsp3) is 0.292. The van der Waals surface area contributed by atoms with Crippen LogP contribution in [0.25, 0.3) is 11.4 Å². The Hall–Kier alpha value is -2.94. The van der Waals surface area contributed by atoms with Gasteiger partial charge in [-0.2, -0.15) is 0 Å². The lowest BCUT2D eigenvalue weighted by atomic mass is 10.0. The number of hydrazine groups is 1. The summed E-state index contributed by atoms with van der Waals surface area (Å²) in [6.07, 6.45) is 0. The number of nitrogens with one attached hydrogen (secondary N) is 2. The molecule has 2 aromatic rings. The van der Waals surface area contributed by atoms with Crippen LogP contribution in [-0.4, -0.2) is 62.0 Å². The number of nitrogens with zero attached hydrogens (tertiary/aromatic N) is 3. The van der Waals surface area contributed by atoms with Crippen LogP contribution in [0.3, 0.4) is 0 Å². The smallest absolute Gasteiger partial charge is 0.159 e. The van der Waals surface area contributed by atoms with E-state index in [1.54, 1.807) is 0 Å². The summed E-state index contributed by atoms with van der Waals surface area (Å²) < 4.78 is 27.4. The molecule has 1 saturated heterocycles. The summed E-state index contributed by atoms with van der Waals surface area (Å²) in [7, 11) is 2.12. The van der Waals surface area contributed by atoms with E-state index < -0.39 is 11.6 Å². The van der Waals surface area contributed by atoms with E-state index in [0.29, 0.717) is 34.2 Å². The molecule has 0 unspecified atom stereocenters. The van der Waals surface area contributed by atoms with Crippen LogP contribution >= 0.6 is 11.6 Å². The zero-order valence-corrected chi connectivity index (χ0v) is 19.2. The molecular formula is C24H27ClF2N6. The number of amidine groups is 1. The molecule has 2 aromatic carbocycles. The molecule has 9 heteroatoms. The number of likely N-dealkylation sites (N-methyl/N-ethyl adjacent to an activating group) is 1. The lowest BCUT2D eigenvalue weighted by Crippen LogP contribution is -2.46. The van der Waals surface area contributed by atoms with Crippen LogP contribution in [0.2, 0.25) is 0 Å². The van der Waals surface area contributed by atoms with Gasteiger partial charge < -0.3 is 10.6 Å². The molecule has 0 aromatic heterocycles. The molecule has 0 atom stereocenters. The molecule has 4 rings (SSSR count). The fourth-order valence-corrected chi connectivity index (χ4v) is 4.17. The summed E-state index contributed by atoms with van der Waals surface area (Å²) in [5, 5.41) is 0.348. The molecule has 4 N–H and O–H groups in total. The van der Waals surface area contributed by atoms with Crippen molar-refractivity contribution in [3.63, 3.8) is 0 Å². The predicted molar refractivity (Wildman–Crippen MR) is 129 cm³/mol. The number of nitrogens with two attached hydrogens (primary N) is 1. The number of aliphatic imine (C=N–C) groups is 1. The second kappa shape index (κ2) is 10.3. The van der Waals surface area contributed by atoms with Crippen molar-refractivity contribution in [2.75, 3.05) is 46.3 Å². The van der Waals surface area contributed by atoms with E-state index in [9.17, 15) is 8.78 Å². The van der Waals surface area contributed by atoms with Crippen molar-refractivity contribution in [2.45, 2.75) is 0 Å². The molecule has 0 spiro atoms. The fourth-order valence-electron chi connectivity index (χ4n) is 3.82. The number of hydrogen-bond donors (Lipinski definition) is 3. The number of benzene rings is 2. The van der Waals surface area contributed by atoms with Gasteiger partial charge in [-0.25, -0.2) is 8.78 Å². The van der Waals surface area contributed by atoms with E-state index in [2.05, 4.69) is 27.7 Å². The molecule has 0 aliphatic carbocycles. The number of piperazine rings is 1. The van der Waals surface area contributed by atoms with Crippen molar-refractivity contribution in [3.8, 4) is 0 Å². The Balaban J connectivity index is 1.68. The standard InChI is InChI=1S/C24H27ClF2N6/c1-32-11-13-33(14-12-32)10-9-29-24-20(22(28)17-7-8-18(26)19(27)15-17)21(25)23(30-31-24)16-5-3-2-4-6-16/h2-8,15,30H,9-14,28H2,1H3,(H,29,31). The molecule has 2 heterocycles. The Kier molecular flexibility index (Phi) is 7.27.